The number of benzene rings is 2. The third kappa shape index (κ3) is 3.19. The van der Waals surface area contributed by atoms with E-state index in [1.165, 1.54) is 24.0 Å². The third-order valence-electron chi connectivity index (χ3n) is 3.96. The Morgan fingerprint density at radius 2 is 1.90 bits per heavy atom. The van der Waals surface area contributed by atoms with E-state index in [0.717, 1.165) is 23.5 Å². The van der Waals surface area contributed by atoms with Gasteiger partial charge in [0.15, 0.2) is 0 Å². The maximum atomic E-state index is 10.2. The molecule has 1 unspecified atom stereocenters. The van der Waals surface area contributed by atoms with Gasteiger partial charge in [-0.25, -0.2) is 0 Å². The normalized spacial score (nSPS) is 14.6. The van der Waals surface area contributed by atoms with Gasteiger partial charge in [0, 0.05) is 0 Å². The van der Waals surface area contributed by atoms with Crippen molar-refractivity contribution in [3.63, 3.8) is 0 Å². The summed E-state index contributed by atoms with van der Waals surface area (Å²) in [5.41, 5.74) is 3.61. The maximum Gasteiger partial charge on any atom is 0.119 e. The second-order valence-corrected chi connectivity index (χ2v) is 5.39. The monoisotopic (exact) mass is 284 g/mol. The van der Waals surface area contributed by atoms with Crippen LogP contribution in [0.15, 0.2) is 42.5 Å². The van der Waals surface area contributed by atoms with Crippen molar-refractivity contribution < 1.29 is 14.6 Å². The van der Waals surface area contributed by atoms with Crippen LogP contribution in [-0.2, 0) is 12.8 Å². The van der Waals surface area contributed by atoms with E-state index in [1.807, 2.05) is 30.3 Å². The fourth-order valence-corrected chi connectivity index (χ4v) is 2.76. The average molecular weight is 284 g/mol. The molecule has 0 radical (unpaired) electrons. The second-order valence-electron chi connectivity index (χ2n) is 5.39. The van der Waals surface area contributed by atoms with Gasteiger partial charge >= 0.3 is 0 Å². The van der Waals surface area contributed by atoms with Crippen LogP contribution in [0.2, 0.25) is 0 Å². The Morgan fingerprint density at radius 3 is 2.76 bits per heavy atom. The van der Waals surface area contributed by atoms with Crippen molar-refractivity contribution in [1.29, 1.82) is 0 Å². The van der Waals surface area contributed by atoms with Crippen molar-refractivity contribution in [2.45, 2.75) is 25.4 Å². The van der Waals surface area contributed by atoms with Gasteiger partial charge in [-0.05, 0) is 60.2 Å². The van der Waals surface area contributed by atoms with Crippen LogP contribution in [-0.4, -0.2) is 18.8 Å². The minimum Gasteiger partial charge on any atom is -0.497 e. The lowest BCUT2D eigenvalue weighted by atomic mass is 10.1. The van der Waals surface area contributed by atoms with Crippen LogP contribution in [0.4, 0.5) is 0 Å². The van der Waals surface area contributed by atoms with Gasteiger partial charge in [-0.2, -0.15) is 0 Å². The Labute approximate surface area is 125 Å². The highest BCUT2D eigenvalue weighted by Crippen LogP contribution is 2.27. The smallest absolute Gasteiger partial charge is 0.119 e. The lowest BCUT2D eigenvalue weighted by molar-refractivity contribution is 0.108. The second kappa shape index (κ2) is 6.19. The quantitative estimate of drug-likeness (QED) is 0.915. The van der Waals surface area contributed by atoms with Crippen molar-refractivity contribution in [3.05, 3.63) is 59.2 Å². The molecule has 0 aromatic heterocycles. The summed E-state index contributed by atoms with van der Waals surface area (Å²) in [6.07, 6.45) is 2.87. The van der Waals surface area contributed by atoms with Crippen LogP contribution < -0.4 is 9.47 Å². The van der Waals surface area contributed by atoms with Crippen LogP contribution in [0.3, 0.4) is 0 Å². The van der Waals surface area contributed by atoms with Gasteiger partial charge in [0.05, 0.1) is 7.11 Å². The zero-order chi connectivity index (χ0) is 14.7. The summed E-state index contributed by atoms with van der Waals surface area (Å²) in [4.78, 5) is 0. The molecule has 0 aliphatic heterocycles. The molecule has 110 valence electrons. The van der Waals surface area contributed by atoms with E-state index in [9.17, 15) is 5.11 Å². The Hall–Kier alpha value is -2.00. The van der Waals surface area contributed by atoms with Crippen molar-refractivity contribution in [3.8, 4) is 11.5 Å². The van der Waals surface area contributed by atoms with E-state index in [0.29, 0.717) is 0 Å². The summed E-state index contributed by atoms with van der Waals surface area (Å²) in [5, 5.41) is 10.2. The molecule has 0 heterocycles. The predicted molar refractivity (Wildman–Crippen MR) is 81.9 cm³/mol. The van der Waals surface area contributed by atoms with E-state index in [4.69, 9.17) is 9.47 Å². The molecule has 2 aromatic rings. The lowest BCUT2D eigenvalue weighted by Crippen LogP contribution is -2.10. The van der Waals surface area contributed by atoms with Crippen LogP contribution >= 0.6 is 0 Å². The van der Waals surface area contributed by atoms with Crippen LogP contribution in [0.5, 0.6) is 11.5 Å². The molecular formula is C18H20O3. The number of aryl methyl sites for hydroxylation is 2. The fraction of sp³-hybridized carbons (Fsp3) is 0.333. The van der Waals surface area contributed by atoms with E-state index in [-0.39, 0.29) is 6.61 Å². The molecule has 0 amide bonds. The first-order valence-corrected chi connectivity index (χ1v) is 7.33. The first-order chi connectivity index (χ1) is 10.3. The summed E-state index contributed by atoms with van der Waals surface area (Å²) in [6.45, 7) is 0.242. The minimum absolute atomic E-state index is 0.242. The topological polar surface area (TPSA) is 38.7 Å². The molecule has 0 fully saturated rings. The number of aliphatic hydroxyl groups excluding tert-OH is 1. The van der Waals surface area contributed by atoms with Gasteiger partial charge in [0.1, 0.15) is 24.2 Å². The molecular weight excluding hydrogens is 264 g/mol. The van der Waals surface area contributed by atoms with Gasteiger partial charge in [-0.3, -0.25) is 0 Å². The minimum atomic E-state index is -0.659. The number of fused-ring (bicyclic) bond motifs is 1. The summed E-state index contributed by atoms with van der Waals surface area (Å²) < 4.78 is 10.9. The zero-order valence-electron chi connectivity index (χ0n) is 12.2. The van der Waals surface area contributed by atoms with E-state index >= 15 is 0 Å². The molecule has 1 aliphatic carbocycles. The molecule has 1 N–H and O–H groups in total. The Kier molecular flexibility index (Phi) is 4.11. The van der Waals surface area contributed by atoms with Gasteiger partial charge in [-0.1, -0.05) is 18.2 Å². The highest BCUT2D eigenvalue weighted by Gasteiger charge is 2.13. The van der Waals surface area contributed by atoms with Gasteiger partial charge in [0.2, 0.25) is 0 Å². The van der Waals surface area contributed by atoms with Gasteiger partial charge in [-0.15, -0.1) is 0 Å². The Bertz CT molecular complexity index is 622. The molecule has 0 bridgehead atoms. The zero-order valence-corrected chi connectivity index (χ0v) is 12.2. The average Bonchev–Trinajstić information content (AvgIpc) is 3.00. The van der Waals surface area contributed by atoms with Crippen LogP contribution in [0.1, 0.15) is 29.2 Å². The SMILES string of the molecule is COc1cccc(C(O)COc2ccc3c(c2)CCC3)c1. The van der Waals surface area contributed by atoms with E-state index in [2.05, 4.69) is 12.1 Å². The molecule has 0 saturated heterocycles. The molecule has 2 aromatic carbocycles. The van der Waals surface area contributed by atoms with Crippen LogP contribution in [0, 0.1) is 0 Å². The molecule has 3 heteroatoms. The summed E-state index contributed by atoms with van der Waals surface area (Å²) in [7, 11) is 1.62. The number of ether oxygens (including phenoxy) is 2. The number of aliphatic hydroxyl groups is 1. The molecule has 3 rings (SSSR count). The molecule has 21 heavy (non-hydrogen) atoms. The first-order valence-electron chi connectivity index (χ1n) is 7.33. The molecule has 1 aliphatic rings. The molecule has 3 nitrogen and oxygen atoms in total. The Morgan fingerprint density at radius 1 is 1.05 bits per heavy atom. The summed E-state index contributed by atoms with van der Waals surface area (Å²) >= 11 is 0. The number of rotatable bonds is 5. The van der Waals surface area contributed by atoms with Crippen molar-refractivity contribution in [1.82, 2.24) is 0 Å². The maximum absolute atomic E-state index is 10.2. The lowest BCUT2D eigenvalue weighted by Gasteiger charge is -2.14. The highest BCUT2D eigenvalue weighted by molar-refractivity contribution is 5.38. The highest BCUT2D eigenvalue weighted by atomic mass is 16.5. The van der Waals surface area contributed by atoms with E-state index < -0.39 is 6.10 Å². The molecule has 1 atom stereocenters. The van der Waals surface area contributed by atoms with Gasteiger partial charge in [0.25, 0.3) is 0 Å². The Balaban J connectivity index is 1.64. The first kappa shape index (κ1) is 14.0. The standard InChI is InChI=1S/C18H20O3/c1-20-16-7-3-6-15(11-16)18(19)12-21-17-9-8-13-4-2-5-14(13)10-17/h3,6-11,18-19H,2,4-5,12H2,1H3. The van der Waals surface area contributed by atoms with Gasteiger partial charge < -0.3 is 14.6 Å². The largest absolute Gasteiger partial charge is 0.497 e. The predicted octanol–water partition coefficient (Wildman–Crippen LogP) is 3.30. The van der Waals surface area contributed by atoms with Crippen LogP contribution in [0.25, 0.3) is 0 Å². The summed E-state index contributed by atoms with van der Waals surface area (Å²) in [6, 6.07) is 13.7. The van der Waals surface area contributed by atoms with Crippen molar-refractivity contribution in [2.24, 2.45) is 0 Å². The third-order valence-corrected chi connectivity index (χ3v) is 3.96. The number of hydrogen-bond acceptors (Lipinski definition) is 3. The summed E-state index contributed by atoms with van der Waals surface area (Å²) in [5.74, 6) is 1.57. The van der Waals surface area contributed by atoms with Crippen molar-refractivity contribution in [2.75, 3.05) is 13.7 Å². The molecule has 0 spiro atoms. The number of methoxy groups -OCH3 is 1. The molecule has 0 saturated carbocycles. The van der Waals surface area contributed by atoms with Crippen molar-refractivity contribution >= 4 is 0 Å². The van der Waals surface area contributed by atoms with E-state index in [1.54, 1.807) is 7.11 Å². The fourth-order valence-electron chi connectivity index (χ4n) is 2.76. The number of hydrogen-bond donors (Lipinski definition) is 1.